The van der Waals surface area contributed by atoms with Crippen LogP contribution in [0.1, 0.15) is 41.8 Å². The van der Waals surface area contributed by atoms with Crippen molar-refractivity contribution < 1.29 is 23.8 Å². The summed E-state index contributed by atoms with van der Waals surface area (Å²) >= 11 is 6.19. The number of rotatable bonds is 9. The molecule has 0 atom stereocenters. The van der Waals surface area contributed by atoms with E-state index in [1.165, 1.54) is 13.2 Å². The number of ether oxygens (including phenoxy) is 3. The molecule has 7 heteroatoms. The second-order valence-electron chi connectivity index (χ2n) is 7.46. The van der Waals surface area contributed by atoms with Gasteiger partial charge in [-0.05, 0) is 61.6 Å². The second-order valence-corrected chi connectivity index (χ2v) is 7.87. The van der Waals surface area contributed by atoms with Crippen molar-refractivity contribution in [3.05, 3.63) is 52.0 Å². The molecule has 1 N–H and O–H groups in total. The summed E-state index contributed by atoms with van der Waals surface area (Å²) < 4.78 is 16.1. The number of hydrogen-bond donors (Lipinski definition) is 1. The first-order chi connectivity index (χ1) is 14.2. The highest BCUT2D eigenvalue weighted by Gasteiger charge is 2.15. The SMILES string of the molecule is COc1cc(C(=O)OCC(=O)Nc2c(C)cc(C)cc2Cl)ccc1OCCC(C)C. The van der Waals surface area contributed by atoms with Gasteiger partial charge in [0.15, 0.2) is 18.1 Å². The highest BCUT2D eigenvalue weighted by atomic mass is 35.5. The summed E-state index contributed by atoms with van der Waals surface area (Å²) in [5.74, 6) is 0.397. The minimum Gasteiger partial charge on any atom is -0.493 e. The quantitative estimate of drug-likeness (QED) is 0.551. The van der Waals surface area contributed by atoms with Gasteiger partial charge in [0, 0.05) is 0 Å². The molecule has 0 saturated heterocycles. The Morgan fingerprint density at radius 2 is 1.83 bits per heavy atom. The van der Waals surface area contributed by atoms with Crippen LogP contribution in [0.15, 0.2) is 30.3 Å². The second kappa shape index (κ2) is 10.9. The minimum atomic E-state index is -0.635. The maximum Gasteiger partial charge on any atom is 0.338 e. The zero-order valence-electron chi connectivity index (χ0n) is 18.0. The smallest absolute Gasteiger partial charge is 0.338 e. The number of amides is 1. The van der Waals surface area contributed by atoms with Crippen molar-refractivity contribution >= 4 is 29.2 Å². The molecule has 0 saturated carbocycles. The van der Waals surface area contributed by atoms with Crippen molar-refractivity contribution in [2.24, 2.45) is 5.92 Å². The number of aryl methyl sites for hydroxylation is 2. The van der Waals surface area contributed by atoms with Gasteiger partial charge in [-0.3, -0.25) is 4.79 Å². The number of benzene rings is 2. The lowest BCUT2D eigenvalue weighted by Gasteiger charge is -2.13. The average Bonchev–Trinajstić information content (AvgIpc) is 2.68. The number of nitrogens with one attached hydrogen (secondary N) is 1. The molecule has 0 heterocycles. The van der Waals surface area contributed by atoms with Gasteiger partial charge in [0.1, 0.15) is 0 Å². The Kier molecular flexibility index (Phi) is 8.54. The van der Waals surface area contributed by atoms with Gasteiger partial charge < -0.3 is 19.5 Å². The van der Waals surface area contributed by atoms with Crippen molar-refractivity contribution in [3.8, 4) is 11.5 Å². The van der Waals surface area contributed by atoms with Gasteiger partial charge in [-0.25, -0.2) is 4.79 Å². The van der Waals surface area contributed by atoms with E-state index >= 15 is 0 Å². The van der Waals surface area contributed by atoms with Crippen LogP contribution in [0.2, 0.25) is 5.02 Å². The molecule has 0 bridgehead atoms. The molecule has 0 spiro atoms. The van der Waals surface area contributed by atoms with Crippen molar-refractivity contribution in [2.75, 3.05) is 25.6 Å². The Balaban J connectivity index is 1.96. The highest BCUT2D eigenvalue weighted by Crippen LogP contribution is 2.29. The van der Waals surface area contributed by atoms with Crippen LogP contribution in [0.25, 0.3) is 0 Å². The van der Waals surface area contributed by atoms with E-state index in [0.717, 1.165) is 17.5 Å². The molecule has 2 aromatic rings. The first-order valence-electron chi connectivity index (χ1n) is 9.75. The van der Waals surface area contributed by atoms with Crippen molar-refractivity contribution in [3.63, 3.8) is 0 Å². The molecule has 162 valence electrons. The fourth-order valence-electron chi connectivity index (χ4n) is 2.78. The molecule has 30 heavy (non-hydrogen) atoms. The maximum absolute atomic E-state index is 12.3. The normalized spacial score (nSPS) is 10.6. The van der Waals surface area contributed by atoms with Crippen molar-refractivity contribution in [2.45, 2.75) is 34.1 Å². The van der Waals surface area contributed by atoms with Crippen LogP contribution in [0, 0.1) is 19.8 Å². The molecule has 0 aliphatic heterocycles. The van der Waals surface area contributed by atoms with Crippen LogP contribution in [0.3, 0.4) is 0 Å². The molecule has 0 fully saturated rings. The van der Waals surface area contributed by atoms with Crippen LogP contribution in [-0.4, -0.2) is 32.2 Å². The monoisotopic (exact) mass is 433 g/mol. The van der Waals surface area contributed by atoms with Gasteiger partial charge in [-0.2, -0.15) is 0 Å². The largest absolute Gasteiger partial charge is 0.493 e. The van der Waals surface area contributed by atoms with Gasteiger partial charge in [0.25, 0.3) is 5.91 Å². The highest BCUT2D eigenvalue weighted by molar-refractivity contribution is 6.34. The van der Waals surface area contributed by atoms with Gasteiger partial charge >= 0.3 is 5.97 Å². The van der Waals surface area contributed by atoms with E-state index in [9.17, 15) is 9.59 Å². The van der Waals surface area contributed by atoms with Crippen LogP contribution in [0.5, 0.6) is 11.5 Å². The summed E-state index contributed by atoms with van der Waals surface area (Å²) in [6.07, 6.45) is 0.909. The molecule has 2 aromatic carbocycles. The first kappa shape index (κ1) is 23.5. The summed E-state index contributed by atoms with van der Waals surface area (Å²) in [5, 5.41) is 3.12. The molecule has 0 radical (unpaired) electrons. The van der Waals surface area contributed by atoms with E-state index in [1.54, 1.807) is 18.2 Å². The van der Waals surface area contributed by atoms with E-state index in [1.807, 2.05) is 19.9 Å². The van der Waals surface area contributed by atoms with E-state index in [-0.39, 0.29) is 5.56 Å². The lowest BCUT2D eigenvalue weighted by molar-refractivity contribution is -0.119. The third kappa shape index (κ3) is 6.66. The van der Waals surface area contributed by atoms with Gasteiger partial charge in [-0.1, -0.05) is 31.5 Å². The van der Waals surface area contributed by atoms with Gasteiger partial charge in [0.05, 0.1) is 30.0 Å². The number of anilines is 1. The molecule has 0 unspecified atom stereocenters. The fraction of sp³-hybridized carbons (Fsp3) is 0.391. The van der Waals surface area contributed by atoms with E-state index < -0.39 is 18.5 Å². The molecular weight excluding hydrogens is 406 g/mol. The Morgan fingerprint density at radius 1 is 1.10 bits per heavy atom. The third-order valence-corrected chi connectivity index (χ3v) is 4.68. The molecule has 0 aliphatic carbocycles. The topological polar surface area (TPSA) is 73.9 Å². The summed E-state index contributed by atoms with van der Waals surface area (Å²) in [7, 11) is 1.50. The maximum atomic E-state index is 12.3. The Labute approximate surface area is 182 Å². The Morgan fingerprint density at radius 3 is 2.47 bits per heavy atom. The van der Waals surface area contributed by atoms with Gasteiger partial charge in [-0.15, -0.1) is 0 Å². The van der Waals surface area contributed by atoms with Crippen molar-refractivity contribution in [1.29, 1.82) is 0 Å². The minimum absolute atomic E-state index is 0.264. The number of halogens is 1. The van der Waals surface area contributed by atoms with E-state index in [0.29, 0.717) is 34.7 Å². The summed E-state index contributed by atoms with van der Waals surface area (Å²) in [5.41, 5.74) is 2.60. The van der Waals surface area contributed by atoms with Crippen LogP contribution in [0.4, 0.5) is 5.69 Å². The van der Waals surface area contributed by atoms with Crippen LogP contribution >= 0.6 is 11.6 Å². The van der Waals surface area contributed by atoms with E-state index in [2.05, 4.69) is 19.2 Å². The zero-order chi connectivity index (χ0) is 22.3. The third-order valence-electron chi connectivity index (χ3n) is 4.38. The Bertz CT molecular complexity index is 887. The Hall–Kier alpha value is -2.73. The predicted octanol–water partition coefficient (Wildman–Crippen LogP) is 5.19. The number of carbonyl (C=O) groups is 2. The number of methoxy groups -OCH3 is 1. The number of esters is 1. The standard InChI is InChI=1S/C23H28ClNO5/c1-14(2)8-9-29-19-7-6-17(12-20(19)28-5)23(27)30-13-21(26)25-22-16(4)10-15(3)11-18(22)24/h6-7,10-12,14H,8-9,13H2,1-5H3,(H,25,26). The molecule has 2 rings (SSSR count). The summed E-state index contributed by atoms with van der Waals surface area (Å²) in [6.45, 7) is 8.11. The fourth-order valence-corrected chi connectivity index (χ4v) is 3.15. The molecular formula is C23H28ClNO5. The van der Waals surface area contributed by atoms with E-state index in [4.69, 9.17) is 25.8 Å². The molecule has 0 aromatic heterocycles. The van der Waals surface area contributed by atoms with Crippen molar-refractivity contribution in [1.82, 2.24) is 0 Å². The number of hydrogen-bond acceptors (Lipinski definition) is 5. The van der Waals surface area contributed by atoms with Gasteiger partial charge in [0.2, 0.25) is 0 Å². The molecule has 1 amide bonds. The summed E-state index contributed by atoms with van der Waals surface area (Å²) in [6, 6.07) is 8.43. The molecule has 6 nitrogen and oxygen atoms in total. The lowest BCUT2D eigenvalue weighted by Crippen LogP contribution is -2.21. The molecule has 0 aliphatic rings. The number of carbonyl (C=O) groups excluding carboxylic acids is 2. The summed E-state index contributed by atoms with van der Waals surface area (Å²) in [4.78, 5) is 24.5. The zero-order valence-corrected chi connectivity index (χ0v) is 18.8. The van der Waals surface area contributed by atoms with Crippen LogP contribution < -0.4 is 14.8 Å². The first-order valence-corrected chi connectivity index (χ1v) is 10.1. The predicted molar refractivity (Wildman–Crippen MR) is 118 cm³/mol. The van der Waals surface area contributed by atoms with Crippen LogP contribution in [-0.2, 0) is 9.53 Å². The lowest BCUT2D eigenvalue weighted by atomic mass is 10.1. The average molecular weight is 434 g/mol.